The molecule has 0 saturated heterocycles. The zero-order valence-corrected chi connectivity index (χ0v) is 29.3. The number of ketones is 1. The Kier molecular flexibility index (Phi) is 18.3. The molecule has 0 radical (unpaired) electrons. The average Bonchev–Trinajstić information content (AvgIpc) is 3.12. The van der Waals surface area contributed by atoms with E-state index in [1.165, 1.54) is 134 Å². The van der Waals surface area contributed by atoms with Crippen molar-refractivity contribution in [1.82, 2.24) is 0 Å². The van der Waals surface area contributed by atoms with E-state index in [0.29, 0.717) is 12.4 Å². The fourth-order valence-corrected chi connectivity index (χ4v) is 5.57. The largest absolute Gasteiger partial charge is 0.497 e. The molecule has 0 fully saturated rings. The predicted octanol–water partition coefficient (Wildman–Crippen LogP) is 11.4. The first-order valence-corrected chi connectivity index (χ1v) is 18.0. The fourth-order valence-electron chi connectivity index (χ4n) is 5.57. The van der Waals surface area contributed by atoms with Gasteiger partial charge in [-0.1, -0.05) is 121 Å². The van der Waals surface area contributed by atoms with Crippen molar-refractivity contribution >= 4 is 23.5 Å². The summed E-state index contributed by atoms with van der Waals surface area (Å²) in [5.41, 5.74) is 0.621. The van der Waals surface area contributed by atoms with Gasteiger partial charge >= 0.3 is 11.7 Å². The molecule has 0 heterocycles. The summed E-state index contributed by atoms with van der Waals surface area (Å²) in [5.74, 6) is -0.0908. The zero-order valence-electron chi connectivity index (χ0n) is 29.3. The number of esters is 1. The quantitative estimate of drug-likeness (QED) is 0.0168. The Balaban J connectivity index is 1.31. The lowest BCUT2D eigenvalue weighted by Gasteiger charge is -2.07. The molecule has 0 aliphatic rings. The molecule has 8 heteroatoms. The smallest absolute Gasteiger partial charge is 0.343 e. The lowest BCUT2D eigenvalue weighted by Crippen LogP contribution is -2.10. The van der Waals surface area contributed by atoms with Crippen LogP contribution in [-0.2, 0) is 0 Å². The number of unbranched alkanes of at least 4 members (excludes halogenated alkanes) is 15. The van der Waals surface area contributed by atoms with Gasteiger partial charge in [-0.05, 0) is 66.6 Å². The van der Waals surface area contributed by atoms with Gasteiger partial charge in [-0.15, -0.1) is 0 Å². The van der Waals surface area contributed by atoms with Crippen molar-refractivity contribution in [2.24, 2.45) is 0 Å². The van der Waals surface area contributed by atoms with E-state index >= 15 is 0 Å². The number of hydrogen-bond donors (Lipinski definition) is 0. The van der Waals surface area contributed by atoms with Crippen molar-refractivity contribution < 1.29 is 28.7 Å². The number of nitrogens with zero attached hydrogens (tertiary/aromatic N) is 1. The van der Waals surface area contributed by atoms with Crippen LogP contribution in [0, 0.1) is 10.1 Å². The molecule has 3 aromatic carbocycles. The molecule has 49 heavy (non-hydrogen) atoms. The van der Waals surface area contributed by atoms with Crippen LogP contribution in [-0.4, -0.2) is 30.4 Å². The Hall–Kier alpha value is -4.46. The molecule has 0 spiro atoms. The third-order valence-electron chi connectivity index (χ3n) is 8.54. The van der Waals surface area contributed by atoms with Crippen molar-refractivity contribution in [3.8, 4) is 17.2 Å². The van der Waals surface area contributed by atoms with Gasteiger partial charge in [0.1, 0.15) is 11.5 Å². The molecular weight excluding hydrogens is 618 g/mol. The molecular formula is C41H53NO7. The maximum Gasteiger partial charge on any atom is 0.343 e. The molecule has 8 nitrogen and oxygen atoms in total. The number of nitro benzene ring substituents is 1. The molecule has 0 unspecified atom stereocenters. The number of allylic oxidation sites excluding steroid dienone is 1. The van der Waals surface area contributed by atoms with Crippen LogP contribution in [0.25, 0.3) is 6.08 Å². The van der Waals surface area contributed by atoms with E-state index < -0.39 is 22.4 Å². The Labute approximate surface area is 292 Å². The van der Waals surface area contributed by atoms with Crippen LogP contribution in [0.1, 0.15) is 136 Å². The third kappa shape index (κ3) is 15.1. The van der Waals surface area contributed by atoms with Crippen LogP contribution >= 0.6 is 0 Å². The lowest BCUT2D eigenvalue weighted by atomic mass is 10.0. The van der Waals surface area contributed by atoms with E-state index in [0.717, 1.165) is 23.8 Å². The minimum atomic E-state index is -0.762. The fraction of sp³-hybridized carbons (Fsp3) is 0.463. The van der Waals surface area contributed by atoms with Gasteiger partial charge in [0.25, 0.3) is 0 Å². The maximum atomic E-state index is 12.8. The van der Waals surface area contributed by atoms with Crippen molar-refractivity contribution in [3.05, 3.63) is 99.6 Å². The first kappa shape index (κ1) is 39.0. The monoisotopic (exact) mass is 671 g/mol. The van der Waals surface area contributed by atoms with E-state index in [4.69, 9.17) is 14.2 Å². The number of ether oxygens (including phenoxy) is 3. The molecule has 3 rings (SSSR count). The van der Waals surface area contributed by atoms with Gasteiger partial charge in [-0.3, -0.25) is 14.9 Å². The minimum Gasteiger partial charge on any atom is -0.497 e. The number of benzene rings is 3. The number of carbonyl (C=O) groups is 2. The van der Waals surface area contributed by atoms with Crippen LogP contribution in [0.5, 0.6) is 17.2 Å². The van der Waals surface area contributed by atoms with Crippen LogP contribution < -0.4 is 14.2 Å². The maximum absolute atomic E-state index is 12.8. The second kappa shape index (κ2) is 23.0. The number of hydrogen-bond acceptors (Lipinski definition) is 7. The minimum absolute atomic E-state index is 0.103. The Morgan fingerprint density at radius 3 is 1.71 bits per heavy atom. The van der Waals surface area contributed by atoms with Gasteiger partial charge in [-0.25, -0.2) is 4.79 Å². The summed E-state index contributed by atoms with van der Waals surface area (Å²) in [7, 11) is 1.50. The second-order valence-electron chi connectivity index (χ2n) is 12.5. The summed E-state index contributed by atoms with van der Waals surface area (Å²) < 4.78 is 16.2. The molecule has 0 bridgehead atoms. The number of methoxy groups -OCH3 is 1. The highest BCUT2D eigenvalue weighted by molar-refractivity contribution is 6.07. The van der Waals surface area contributed by atoms with E-state index in [-0.39, 0.29) is 16.9 Å². The first-order valence-electron chi connectivity index (χ1n) is 18.0. The van der Waals surface area contributed by atoms with Crippen LogP contribution in [0.2, 0.25) is 0 Å². The Morgan fingerprint density at radius 1 is 0.673 bits per heavy atom. The number of rotatable bonds is 25. The van der Waals surface area contributed by atoms with E-state index in [9.17, 15) is 19.7 Å². The van der Waals surface area contributed by atoms with Gasteiger partial charge in [0.15, 0.2) is 5.78 Å². The number of carbonyl (C=O) groups excluding carboxylic acids is 2. The SMILES string of the molecule is CCCCCCCCCCCCCCCCCCOc1ccc(/C=C/C(=O)c2ccc(OC(=O)c3ccc(OC)cc3)c([N+](=O)[O-])c2)cc1. The highest BCUT2D eigenvalue weighted by Crippen LogP contribution is 2.29. The summed E-state index contributed by atoms with van der Waals surface area (Å²) in [6, 6.07) is 17.4. The topological polar surface area (TPSA) is 105 Å². The highest BCUT2D eigenvalue weighted by atomic mass is 16.6. The van der Waals surface area contributed by atoms with Gasteiger partial charge in [0.05, 0.1) is 24.2 Å². The summed E-state index contributed by atoms with van der Waals surface area (Å²) >= 11 is 0. The van der Waals surface area contributed by atoms with Gasteiger partial charge in [-0.2, -0.15) is 0 Å². The van der Waals surface area contributed by atoms with Crippen molar-refractivity contribution in [2.75, 3.05) is 13.7 Å². The van der Waals surface area contributed by atoms with Crippen molar-refractivity contribution in [2.45, 2.75) is 110 Å². The van der Waals surface area contributed by atoms with Crippen LogP contribution in [0.15, 0.2) is 72.8 Å². The molecule has 0 aromatic heterocycles. The Morgan fingerprint density at radius 2 is 1.18 bits per heavy atom. The molecule has 0 aliphatic carbocycles. The standard InChI is InChI=1S/C41H53NO7/c1-3-4-5-6-7-8-9-10-11-12-13-14-15-16-17-18-31-48-37-25-19-33(20-26-37)21-29-39(43)35-24-30-40(38(32-35)42(45)46)49-41(44)34-22-27-36(47-2)28-23-34/h19-30,32H,3-18,31H2,1-2H3/b29-21+. The summed E-state index contributed by atoms with van der Waals surface area (Å²) in [6.07, 6.45) is 24.4. The Bertz CT molecular complexity index is 1450. The third-order valence-corrected chi connectivity index (χ3v) is 8.54. The van der Waals surface area contributed by atoms with Crippen molar-refractivity contribution in [3.63, 3.8) is 0 Å². The molecule has 0 N–H and O–H groups in total. The van der Waals surface area contributed by atoms with Crippen molar-refractivity contribution in [1.29, 1.82) is 0 Å². The average molecular weight is 672 g/mol. The second-order valence-corrected chi connectivity index (χ2v) is 12.5. The molecule has 0 saturated carbocycles. The molecule has 0 aliphatic heterocycles. The number of nitro groups is 1. The van der Waals surface area contributed by atoms with E-state index in [1.54, 1.807) is 18.2 Å². The molecule has 0 atom stereocenters. The van der Waals surface area contributed by atoms with E-state index in [1.807, 2.05) is 24.3 Å². The summed E-state index contributed by atoms with van der Waals surface area (Å²) in [4.78, 5) is 36.3. The highest BCUT2D eigenvalue weighted by Gasteiger charge is 2.21. The summed E-state index contributed by atoms with van der Waals surface area (Å²) in [6.45, 7) is 2.95. The molecule has 3 aromatic rings. The first-order chi connectivity index (χ1) is 23.9. The molecule has 264 valence electrons. The predicted molar refractivity (Wildman–Crippen MR) is 196 cm³/mol. The van der Waals surface area contributed by atoms with Crippen LogP contribution in [0.3, 0.4) is 0 Å². The zero-order chi connectivity index (χ0) is 35.1. The summed E-state index contributed by atoms with van der Waals surface area (Å²) in [5, 5.41) is 11.7. The molecule has 0 amide bonds. The normalized spacial score (nSPS) is 11.1. The van der Waals surface area contributed by atoms with E-state index in [2.05, 4.69) is 6.92 Å². The van der Waals surface area contributed by atoms with Gasteiger partial charge in [0, 0.05) is 11.6 Å². The van der Waals surface area contributed by atoms with Gasteiger partial charge < -0.3 is 14.2 Å². The van der Waals surface area contributed by atoms with Crippen LogP contribution in [0.4, 0.5) is 5.69 Å². The lowest BCUT2D eigenvalue weighted by molar-refractivity contribution is -0.385. The van der Waals surface area contributed by atoms with Gasteiger partial charge in [0.2, 0.25) is 5.75 Å².